The van der Waals surface area contributed by atoms with Crippen LogP contribution < -0.4 is 5.32 Å². The fourth-order valence-electron chi connectivity index (χ4n) is 0.570. The average molecular weight is 147 g/mol. The van der Waals surface area contributed by atoms with E-state index in [0.29, 0.717) is 6.54 Å². The van der Waals surface area contributed by atoms with Crippen LogP contribution in [0.25, 0.3) is 0 Å². The van der Waals surface area contributed by atoms with Crippen molar-refractivity contribution in [2.24, 2.45) is 5.92 Å². The van der Waals surface area contributed by atoms with Gasteiger partial charge in [-0.2, -0.15) is 0 Å². The zero-order valence-corrected chi connectivity index (χ0v) is 6.00. The van der Waals surface area contributed by atoms with Gasteiger partial charge in [0.25, 0.3) is 0 Å². The predicted molar refractivity (Wildman–Crippen MR) is 36.9 cm³/mol. The van der Waals surface area contributed by atoms with Gasteiger partial charge in [0.2, 0.25) is 0 Å². The summed E-state index contributed by atoms with van der Waals surface area (Å²) < 4.78 is 0. The first-order chi connectivity index (χ1) is 4.70. The monoisotopic (exact) mass is 147 g/mol. The van der Waals surface area contributed by atoms with Crippen molar-refractivity contribution >= 4 is 6.09 Å². The van der Waals surface area contributed by atoms with Gasteiger partial charge in [0.15, 0.2) is 0 Å². The molecule has 3 N–H and O–H groups in total. The Kier molecular flexibility index (Phi) is 4.66. The number of aliphatic hydroxyl groups is 1. The van der Waals surface area contributed by atoms with Gasteiger partial charge in [0, 0.05) is 13.2 Å². The number of rotatable bonds is 4. The van der Waals surface area contributed by atoms with Gasteiger partial charge in [0.05, 0.1) is 0 Å². The molecular formula is C6H13NO3. The summed E-state index contributed by atoms with van der Waals surface area (Å²) >= 11 is 0. The zero-order valence-electron chi connectivity index (χ0n) is 6.00. The molecule has 0 spiro atoms. The molecule has 0 bridgehead atoms. The Labute approximate surface area is 59.9 Å². The third-order valence-corrected chi connectivity index (χ3v) is 1.38. The van der Waals surface area contributed by atoms with Crippen molar-refractivity contribution in [3.8, 4) is 0 Å². The molecule has 0 rings (SSSR count). The van der Waals surface area contributed by atoms with Crippen molar-refractivity contribution in [1.29, 1.82) is 0 Å². The van der Waals surface area contributed by atoms with Crippen LogP contribution in [-0.2, 0) is 0 Å². The molecule has 4 nitrogen and oxygen atoms in total. The molecule has 0 aliphatic heterocycles. The fraction of sp³-hybridized carbons (Fsp3) is 0.833. The molecule has 0 saturated heterocycles. The van der Waals surface area contributed by atoms with Gasteiger partial charge in [-0.1, -0.05) is 6.92 Å². The van der Waals surface area contributed by atoms with Crippen molar-refractivity contribution in [3.05, 3.63) is 0 Å². The summed E-state index contributed by atoms with van der Waals surface area (Å²) in [4.78, 5) is 9.94. The summed E-state index contributed by atoms with van der Waals surface area (Å²) in [7, 11) is 0. The van der Waals surface area contributed by atoms with E-state index in [-0.39, 0.29) is 12.5 Å². The molecule has 0 heterocycles. The second kappa shape index (κ2) is 5.05. The van der Waals surface area contributed by atoms with E-state index in [2.05, 4.69) is 5.32 Å². The molecule has 0 aliphatic rings. The van der Waals surface area contributed by atoms with Gasteiger partial charge >= 0.3 is 6.09 Å². The van der Waals surface area contributed by atoms with Gasteiger partial charge < -0.3 is 15.5 Å². The van der Waals surface area contributed by atoms with Crippen LogP contribution in [0.1, 0.15) is 13.3 Å². The highest BCUT2D eigenvalue weighted by atomic mass is 16.4. The molecule has 60 valence electrons. The Hall–Kier alpha value is -0.770. The molecule has 10 heavy (non-hydrogen) atoms. The van der Waals surface area contributed by atoms with Crippen LogP contribution in [0.4, 0.5) is 4.79 Å². The average Bonchev–Trinajstić information content (AvgIpc) is 1.90. The first-order valence-corrected chi connectivity index (χ1v) is 3.28. The predicted octanol–water partition coefficient (Wildman–Crippen LogP) is 0.273. The van der Waals surface area contributed by atoms with Crippen molar-refractivity contribution in [1.82, 2.24) is 5.32 Å². The van der Waals surface area contributed by atoms with Gasteiger partial charge in [0.1, 0.15) is 0 Å². The highest BCUT2D eigenvalue weighted by molar-refractivity contribution is 5.64. The summed E-state index contributed by atoms with van der Waals surface area (Å²) in [5.41, 5.74) is 0. The normalized spacial score (nSPS) is 12.6. The van der Waals surface area contributed by atoms with Gasteiger partial charge in [-0.15, -0.1) is 0 Å². The summed E-state index contributed by atoms with van der Waals surface area (Å²) in [6.07, 6.45) is -0.247. The summed E-state index contributed by atoms with van der Waals surface area (Å²) in [5, 5.41) is 19.0. The first kappa shape index (κ1) is 9.23. The van der Waals surface area contributed by atoms with Gasteiger partial charge in [-0.05, 0) is 12.3 Å². The molecule has 1 amide bonds. The van der Waals surface area contributed by atoms with Crippen LogP contribution in [0.2, 0.25) is 0 Å². The Morgan fingerprint density at radius 3 is 2.60 bits per heavy atom. The van der Waals surface area contributed by atoms with Crippen LogP contribution in [0.5, 0.6) is 0 Å². The molecule has 0 saturated carbocycles. The Balaban J connectivity index is 3.34. The minimum Gasteiger partial charge on any atom is -0.465 e. The Bertz CT molecular complexity index is 101. The lowest BCUT2D eigenvalue weighted by atomic mass is 10.1. The highest BCUT2D eigenvalue weighted by Crippen LogP contribution is 1.97. The number of hydrogen-bond donors (Lipinski definition) is 3. The molecular weight excluding hydrogens is 134 g/mol. The number of carbonyl (C=O) groups is 1. The molecule has 0 fully saturated rings. The van der Waals surface area contributed by atoms with Gasteiger partial charge in [-0.25, -0.2) is 4.79 Å². The van der Waals surface area contributed by atoms with E-state index in [4.69, 9.17) is 10.2 Å². The third kappa shape index (κ3) is 4.14. The number of hydrogen-bond acceptors (Lipinski definition) is 2. The smallest absolute Gasteiger partial charge is 0.404 e. The highest BCUT2D eigenvalue weighted by Gasteiger charge is 2.04. The molecule has 0 radical (unpaired) electrons. The van der Waals surface area contributed by atoms with E-state index in [1.165, 1.54) is 0 Å². The first-order valence-electron chi connectivity index (χ1n) is 3.28. The zero-order chi connectivity index (χ0) is 7.98. The molecule has 0 aromatic carbocycles. The lowest BCUT2D eigenvalue weighted by Crippen LogP contribution is -2.28. The second-order valence-corrected chi connectivity index (χ2v) is 2.14. The van der Waals surface area contributed by atoms with E-state index in [9.17, 15) is 4.79 Å². The second-order valence-electron chi connectivity index (χ2n) is 2.14. The molecule has 1 atom stereocenters. The molecule has 0 aromatic heterocycles. The molecule has 0 aromatic rings. The number of nitrogens with one attached hydrogen (secondary N) is 1. The van der Waals surface area contributed by atoms with Crippen LogP contribution in [0.3, 0.4) is 0 Å². The van der Waals surface area contributed by atoms with E-state index in [0.717, 1.165) is 6.42 Å². The number of amides is 1. The summed E-state index contributed by atoms with van der Waals surface area (Å²) in [6, 6.07) is 0. The topological polar surface area (TPSA) is 69.6 Å². The minimum absolute atomic E-state index is 0.0385. The molecule has 1 unspecified atom stereocenters. The van der Waals surface area contributed by atoms with Crippen molar-refractivity contribution in [2.45, 2.75) is 13.3 Å². The van der Waals surface area contributed by atoms with Crippen molar-refractivity contribution in [3.63, 3.8) is 0 Å². The maximum absolute atomic E-state index is 9.94. The molecule has 0 aliphatic carbocycles. The van der Waals surface area contributed by atoms with Crippen LogP contribution in [0.15, 0.2) is 0 Å². The largest absolute Gasteiger partial charge is 0.465 e. The molecule has 4 heteroatoms. The summed E-state index contributed by atoms with van der Waals surface area (Å²) in [5.74, 6) is 0.0519. The SMILES string of the molecule is CCC(CO)CNC(=O)O. The Morgan fingerprint density at radius 2 is 2.30 bits per heavy atom. The van der Waals surface area contributed by atoms with E-state index < -0.39 is 6.09 Å². The van der Waals surface area contributed by atoms with Crippen LogP contribution >= 0.6 is 0 Å². The Morgan fingerprint density at radius 1 is 1.70 bits per heavy atom. The lowest BCUT2D eigenvalue weighted by molar-refractivity contribution is 0.183. The minimum atomic E-state index is -1.04. The van der Waals surface area contributed by atoms with Gasteiger partial charge in [-0.3, -0.25) is 0 Å². The third-order valence-electron chi connectivity index (χ3n) is 1.38. The van der Waals surface area contributed by atoms with Crippen LogP contribution in [-0.4, -0.2) is 29.5 Å². The summed E-state index contributed by atoms with van der Waals surface area (Å²) in [6.45, 7) is 2.28. The lowest BCUT2D eigenvalue weighted by Gasteiger charge is -2.09. The van der Waals surface area contributed by atoms with Crippen molar-refractivity contribution in [2.75, 3.05) is 13.2 Å². The standard InChI is InChI=1S/C6H13NO3/c1-2-5(4-8)3-7-6(9)10/h5,7-8H,2-4H2,1H3,(H,9,10). The van der Waals surface area contributed by atoms with E-state index in [1.54, 1.807) is 0 Å². The quantitative estimate of drug-likeness (QED) is 0.534. The fourth-order valence-corrected chi connectivity index (χ4v) is 0.570. The van der Waals surface area contributed by atoms with Crippen LogP contribution in [0, 0.1) is 5.92 Å². The van der Waals surface area contributed by atoms with E-state index in [1.807, 2.05) is 6.92 Å². The number of aliphatic hydroxyl groups excluding tert-OH is 1. The van der Waals surface area contributed by atoms with E-state index >= 15 is 0 Å². The number of carboxylic acid groups (broad SMARTS) is 1. The maximum Gasteiger partial charge on any atom is 0.404 e. The maximum atomic E-state index is 9.94. The van der Waals surface area contributed by atoms with Crippen molar-refractivity contribution < 1.29 is 15.0 Å².